The van der Waals surface area contributed by atoms with Crippen molar-refractivity contribution in [2.24, 2.45) is 0 Å². The smallest absolute Gasteiger partial charge is 0.0238 e. The molecule has 0 atom stereocenters. The van der Waals surface area contributed by atoms with Gasteiger partial charge in [-0.05, 0) is 79.8 Å². The topological polar surface area (TPSA) is 0 Å². The van der Waals surface area contributed by atoms with Crippen LogP contribution in [-0.4, -0.2) is 0 Å². The van der Waals surface area contributed by atoms with Crippen LogP contribution in [0.5, 0.6) is 0 Å². The van der Waals surface area contributed by atoms with E-state index in [0.717, 1.165) is 5.75 Å². The van der Waals surface area contributed by atoms with Gasteiger partial charge >= 0.3 is 0 Å². The fourth-order valence-electron chi connectivity index (χ4n) is 6.13. The minimum Gasteiger partial charge on any atom is -0.121 e. The second-order valence-corrected chi connectivity index (χ2v) is 11.5. The second-order valence-electron chi connectivity index (χ2n) is 10.5. The van der Waals surface area contributed by atoms with Crippen LogP contribution in [-0.2, 0) is 5.75 Å². The van der Waals surface area contributed by atoms with Crippen LogP contribution < -0.4 is 0 Å². The molecule has 1 heterocycles. The Morgan fingerprint density at radius 3 is 1.37 bits per heavy atom. The normalized spacial score (nSPS) is 15.5. The molecule has 0 saturated heterocycles. The number of benzene rings is 5. The predicted molar refractivity (Wildman–Crippen MR) is 178 cm³/mol. The fourth-order valence-corrected chi connectivity index (χ4v) is 7.28. The monoisotopic (exact) mass is 542 g/mol. The Morgan fingerprint density at radius 2 is 0.902 bits per heavy atom. The second kappa shape index (κ2) is 11.1. The van der Waals surface area contributed by atoms with Crippen molar-refractivity contribution in [3.63, 3.8) is 0 Å². The molecule has 1 aliphatic carbocycles. The van der Waals surface area contributed by atoms with Gasteiger partial charge in [-0.15, -0.1) is 11.8 Å². The van der Waals surface area contributed by atoms with Crippen LogP contribution in [0.3, 0.4) is 0 Å². The summed E-state index contributed by atoms with van der Waals surface area (Å²) in [7, 11) is 0. The molecular weight excluding hydrogens is 513 g/mol. The lowest BCUT2D eigenvalue weighted by Gasteiger charge is -2.14. The molecule has 0 unspecified atom stereocenters. The highest BCUT2D eigenvalue weighted by molar-refractivity contribution is 8.08. The molecule has 2 aliphatic rings. The van der Waals surface area contributed by atoms with Crippen LogP contribution in [0.1, 0.15) is 38.9 Å². The van der Waals surface area contributed by atoms with Gasteiger partial charge in [-0.25, -0.2) is 0 Å². The maximum absolute atomic E-state index is 2.38. The number of thioether (sulfide) groups is 1. The maximum Gasteiger partial charge on any atom is 0.0238 e. The number of hydrogen-bond acceptors (Lipinski definition) is 1. The van der Waals surface area contributed by atoms with Gasteiger partial charge in [0.1, 0.15) is 0 Å². The summed E-state index contributed by atoms with van der Waals surface area (Å²) in [5.41, 5.74) is 15.5. The molecule has 0 N–H and O–H groups in total. The van der Waals surface area contributed by atoms with Crippen LogP contribution in [0.15, 0.2) is 157 Å². The van der Waals surface area contributed by atoms with Crippen molar-refractivity contribution >= 4 is 39.0 Å². The van der Waals surface area contributed by atoms with E-state index in [0.29, 0.717) is 0 Å². The third-order valence-electron chi connectivity index (χ3n) is 7.93. The molecule has 0 amide bonds. The zero-order valence-electron chi connectivity index (χ0n) is 23.0. The van der Waals surface area contributed by atoms with Gasteiger partial charge in [-0.1, -0.05) is 146 Å². The summed E-state index contributed by atoms with van der Waals surface area (Å²) in [6.45, 7) is 2.23. The van der Waals surface area contributed by atoms with Crippen LogP contribution in [0.4, 0.5) is 0 Å². The zero-order valence-corrected chi connectivity index (χ0v) is 23.9. The summed E-state index contributed by atoms with van der Waals surface area (Å²) in [5, 5.41) is 0. The number of rotatable bonds is 5. The van der Waals surface area contributed by atoms with Gasteiger partial charge in [0.15, 0.2) is 0 Å². The highest BCUT2D eigenvalue weighted by atomic mass is 32.2. The summed E-state index contributed by atoms with van der Waals surface area (Å²) in [6, 6.07) is 50.3. The molecule has 0 aromatic heterocycles. The van der Waals surface area contributed by atoms with Crippen molar-refractivity contribution in [3.05, 3.63) is 196 Å². The van der Waals surface area contributed by atoms with E-state index < -0.39 is 0 Å². The highest BCUT2D eigenvalue weighted by Crippen LogP contribution is 2.55. The lowest BCUT2D eigenvalue weighted by Crippen LogP contribution is -1.92. The molecule has 0 bridgehead atoms. The fraction of sp³-hybridized carbons (Fsp3) is 0.0500. The Labute approximate surface area is 247 Å². The van der Waals surface area contributed by atoms with E-state index in [2.05, 4.69) is 159 Å². The largest absolute Gasteiger partial charge is 0.121 e. The molecule has 0 radical (unpaired) electrons. The average Bonchev–Trinajstić information content (AvgIpc) is 3.62. The first-order valence-electron chi connectivity index (χ1n) is 14.1. The maximum atomic E-state index is 2.38. The Hall–Kier alpha value is -4.59. The zero-order chi connectivity index (χ0) is 27.6. The van der Waals surface area contributed by atoms with E-state index in [-0.39, 0.29) is 0 Å². The molecule has 41 heavy (non-hydrogen) atoms. The van der Waals surface area contributed by atoms with Crippen molar-refractivity contribution in [2.45, 2.75) is 12.7 Å². The van der Waals surface area contributed by atoms with E-state index in [1.165, 1.54) is 71.7 Å². The van der Waals surface area contributed by atoms with Crippen LogP contribution >= 0.6 is 11.8 Å². The molecule has 0 spiro atoms. The standard InChI is InChI=1S/C40H30S/c1-28-15-14-24-33-27-41-35(36(28)33)26-25-34-37(29-16-6-2-7-17-29)39(31-20-10-4-11-21-31)40(32-22-12-5-13-23-32)38(34)30-18-8-3-9-19-30/h2-26H,27H2,1H3/b35-26-. The summed E-state index contributed by atoms with van der Waals surface area (Å²) < 4.78 is 0. The van der Waals surface area contributed by atoms with Crippen LogP contribution in [0.25, 0.3) is 27.2 Å². The summed E-state index contributed by atoms with van der Waals surface area (Å²) >= 11 is 1.94. The summed E-state index contributed by atoms with van der Waals surface area (Å²) in [4.78, 5) is 1.35. The number of hydrogen-bond donors (Lipinski definition) is 0. The first kappa shape index (κ1) is 25.4. The first-order chi connectivity index (χ1) is 20.3. The average molecular weight is 543 g/mol. The number of fused-ring (bicyclic) bond motifs is 1. The van der Waals surface area contributed by atoms with Crippen molar-refractivity contribution in [3.8, 4) is 0 Å². The van der Waals surface area contributed by atoms with Gasteiger partial charge < -0.3 is 0 Å². The van der Waals surface area contributed by atoms with Crippen molar-refractivity contribution in [1.82, 2.24) is 0 Å². The van der Waals surface area contributed by atoms with Crippen LogP contribution in [0, 0.1) is 6.92 Å². The van der Waals surface area contributed by atoms with E-state index in [1.54, 1.807) is 0 Å². The molecule has 1 aliphatic heterocycles. The lowest BCUT2D eigenvalue weighted by molar-refractivity contribution is 1.35. The van der Waals surface area contributed by atoms with Crippen molar-refractivity contribution in [2.75, 3.05) is 0 Å². The van der Waals surface area contributed by atoms with Gasteiger partial charge in [0, 0.05) is 10.7 Å². The minimum atomic E-state index is 1.03. The highest BCUT2D eigenvalue weighted by Gasteiger charge is 2.32. The minimum absolute atomic E-state index is 1.03. The molecular formula is C40H30S. The Morgan fingerprint density at radius 1 is 0.463 bits per heavy atom. The molecule has 0 saturated carbocycles. The van der Waals surface area contributed by atoms with Gasteiger partial charge in [-0.2, -0.15) is 0 Å². The van der Waals surface area contributed by atoms with Crippen LogP contribution in [0.2, 0.25) is 0 Å². The lowest BCUT2D eigenvalue weighted by atomic mass is 9.89. The van der Waals surface area contributed by atoms with E-state index in [1.807, 2.05) is 11.8 Å². The number of aryl methyl sites for hydroxylation is 1. The van der Waals surface area contributed by atoms with Gasteiger partial charge in [0.2, 0.25) is 0 Å². The molecule has 196 valence electrons. The third-order valence-corrected chi connectivity index (χ3v) is 9.04. The Balaban J connectivity index is 1.57. The van der Waals surface area contributed by atoms with Gasteiger partial charge in [0.05, 0.1) is 0 Å². The molecule has 5 aromatic rings. The SMILES string of the molecule is Cc1cccc2c1/C(=C/C=C1C(c3ccccc3)=C(c3ccccc3)C(c3ccccc3)=C1c1ccccc1)SC2. The predicted octanol–water partition coefficient (Wildman–Crippen LogP) is 10.7. The quantitative estimate of drug-likeness (QED) is 0.213. The summed E-state index contributed by atoms with van der Waals surface area (Å²) in [6.07, 6.45) is 4.74. The number of allylic oxidation sites excluding steroid dienone is 7. The molecule has 1 heteroatoms. The van der Waals surface area contributed by atoms with Gasteiger partial charge in [-0.3, -0.25) is 0 Å². The van der Waals surface area contributed by atoms with Crippen molar-refractivity contribution < 1.29 is 0 Å². The van der Waals surface area contributed by atoms with Gasteiger partial charge in [0.25, 0.3) is 0 Å². The molecule has 5 aromatic carbocycles. The summed E-state index contributed by atoms with van der Waals surface area (Å²) in [5.74, 6) is 1.03. The van der Waals surface area contributed by atoms with E-state index in [4.69, 9.17) is 0 Å². The molecule has 0 fully saturated rings. The Kier molecular flexibility index (Phi) is 6.88. The first-order valence-corrected chi connectivity index (χ1v) is 15.1. The van der Waals surface area contributed by atoms with E-state index in [9.17, 15) is 0 Å². The van der Waals surface area contributed by atoms with E-state index >= 15 is 0 Å². The molecule has 0 nitrogen and oxygen atoms in total. The third kappa shape index (κ3) is 4.73. The molecule has 7 rings (SSSR count). The van der Waals surface area contributed by atoms with Crippen molar-refractivity contribution in [1.29, 1.82) is 0 Å². The Bertz CT molecular complexity index is 1740.